The molecule has 5 heteroatoms. The number of hydrogen-bond acceptors (Lipinski definition) is 4. The first-order valence-electron chi connectivity index (χ1n) is 11.4. The fourth-order valence-corrected chi connectivity index (χ4v) is 5.38. The Balaban J connectivity index is 1.65. The fourth-order valence-electron chi connectivity index (χ4n) is 5.38. The van der Waals surface area contributed by atoms with E-state index in [-0.39, 0.29) is 23.4 Å². The van der Waals surface area contributed by atoms with Crippen molar-refractivity contribution in [3.05, 3.63) is 88.7 Å². The normalized spacial score (nSPS) is 20.6. The smallest absolute Gasteiger partial charge is 0.147 e. The van der Waals surface area contributed by atoms with Crippen LogP contribution in [0.3, 0.4) is 0 Å². The highest BCUT2D eigenvalue weighted by Crippen LogP contribution is 2.50. The molecule has 2 atom stereocenters. The zero-order valence-electron chi connectivity index (χ0n) is 18.4. The van der Waals surface area contributed by atoms with E-state index in [2.05, 4.69) is 34.5 Å². The number of methoxy groups -OCH3 is 1. The Bertz CT molecular complexity index is 1100. The van der Waals surface area contributed by atoms with Crippen LogP contribution in [0.5, 0.6) is 11.5 Å². The van der Waals surface area contributed by atoms with Crippen molar-refractivity contribution in [2.75, 3.05) is 38.2 Å². The lowest BCUT2D eigenvalue weighted by Gasteiger charge is -2.36. The number of halogens is 1. The molecule has 1 saturated heterocycles. The summed E-state index contributed by atoms with van der Waals surface area (Å²) in [4.78, 5) is 2.08. The van der Waals surface area contributed by atoms with Gasteiger partial charge in [-0.05, 0) is 53.6 Å². The maximum Gasteiger partial charge on any atom is 0.147 e. The van der Waals surface area contributed by atoms with Crippen molar-refractivity contribution in [2.45, 2.75) is 24.7 Å². The first-order chi connectivity index (χ1) is 15.7. The van der Waals surface area contributed by atoms with Crippen LogP contribution in [0.2, 0.25) is 0 Å². The van der Waals surface area contributed by atoms with Gasteiger partial charge in [0.2, 0.25) is 0 Å². The van der Waals surface area contributed by atoms with E-state index in [0.29, 0.717) is 11.4 Å². The fraction of sp³-hybridized carbons (Fsp3) is 0.333. The van der Waals surface area contributed by atoms with E-state index in [1.807, 2.05) is 24.3 Å². The number of nitrogens with zero attached hydrogens (tertiary/aromatic N) is 1. The molecule has 5 rings (SSSR count). The molecule has 3 aromatic rings. The third kappa shape index (κ3) is 3.82. The van der Waals surface area contributed by atoms with Gasteiger partial charge in [-0.15, -0.1) is 0 Å². The summed E-state index contributed by atoms with van der Waals surface area (Å²) in [6.07, 6.45) is 1.80. The third-order valence-corrected chi connectivity index (χ3v) is 6.91. The van der Waals surface area contributed by atoms with Crippen LogP contribution in [-0.4, -0.2) is 38.4 Å². The number of hydrogen-bond donors (Lipinski definition) is 2. The first-order valence-corrected chi connectivity index (χ1v) is 11.4. The van der Waals surface area contributed by atoms with Crippen molar-refractivity contribution in [2.24, 2.45) is 0 Å². The number of aryl methyl sites for hydroxylation is 1. The molecule has 0 saturated carbocycles. The molecule has 0 spiro atoms. The second-order valence-electron chi connectivity index (χ2n) is 8.70. The molecule has 166 valence electrons. The zero-order valence-corrected chi connectivity index (χ0v) is 18.4. The lowest BCUT2D eigenvalue weighted by Crippen LogP contribution is -2.43. The summed E-state index contributed by atoms with van der Waals surface area (Å²) < 4.78 is 21.4. The average Bonchev–Trinajstić information content (AvgIpc) is 2.84. The summed E-state index contributed by atoms with van der Waals surface area (Å²) in [7, 11) is 1.66. The molecule has 4 nitrogen and oxygen atoms in total. The van der Waals surface area contributed by atoms with Gasteiger partial charge < -0.3 is 20.1 Å². The van der Waals surface area contributed by atoms with Gasteiger partial charge in [0.05, 0.1) is 12.8 Å². The van der Waals surface area contributed by atoms with Crippen molar-refractivity contribution in [3.63, 3.8) is 0 Å². The zero-order chi connectivity index (χ0) is 22.1. The minimum Gasteiger partial charge on any atom is -0.508 e. The molecule has 2 unspecified atom stereocenters. The lowest BCUT2D eigenvalue weighted by molar-refractivity contribution is 0.398. The average molecular weight is 433 g/mol. The molecule has 0 amide bonds. The summed E-state index contributed by atoms with van der Waals surface area (Å²) in [5.74, 6) is 0.926. The summed E-state index contributed by atoms with van der Waals surface area (Å²) in [6.45, 7) is 3.24. The molecule has 1 fully saturated rings. The monoisotopic (exact) mass is 432 g/mol. The summed E-state index contributed by atoms with van der Waals surface area (Å²) >= 11 is 0. The number of rotatable bonds is 4. The number of phenolic OH excluding ortho intramolecular Hbond substituents is 1. The third-order valence-electron chi connectivity index (χ3n) is 6.91. The molecule has 1 heterocycles. The van der Waals surface area contributed by atoms with Gasteiger partial charge in [0, 0.05) is 43.7 Å². The molecule has 0 bridgehead atoms. The highest BCUT2D eigenvalue weighted by molar-refractivity contribution is 5.59. The topological polar surface area (TPSA) is 44.7 Å². The van der Waals surface area contributed by atoms with Crippen LogP contribution >= 0.6 is 0 Å². The minimum atomic E-state index is -0.208. The molecular formula is C27H29FN2O2. The number of aromatic hydroxyl groups is 1. The van der Waals surface area contributed by atoms with E-state index in [1.165, 1.54) is 5.56 Å². The van der Waals surface area contributed by atoms with Crippen LogP contribution in [0.4, 0.5) is 10.1 Å². The molecule has 0 radical (unpaired) electrons. The molecule has 2 N–H and O–H groups in total. The molecule has 1 aliphatic heterocycles. The maximum atomic E-state index is 15.5. The van der Waals surface area contributed by atoms with Crippen molar-refractivity contribution >= 4 is 5.69 Å². The van der Waals surface area contributed by atoms with E-state index in [9.17, 15) is 5.11 Å². The molecule has 1 aliphatic carbocycles. The predicted molar refractivity (Wildman–Crippen MR) is 125 cm³/mol. The van der Waals surface area contributed by atoms with E-state index in [4.69, 9.17) is 4.74 Å². The summed E-state index contributed by atoms with van der Waals surface area (Å²) in [6, 6.07) is 19.6. The number of anilines is 1. The Morgan fingerprint density at radius 2 is 1.78 bits per heavy atom. The molecule has 0 aromatic heterocycles. The highest BCUT2D eigenvalue weighted by Gasteiger charge is 2.35. The van der Waals surface area contributed by atoms with E-state index < -0.39 is 0 Å². The Morgan fingerprint density at radius 3 is 2.53 bits per heavy atom. The number of ether oxygens (including phenoxy) is 1. The van der Waals surface area contributed by atoms with Crippen LogP contribution in [0, 0.1) is 5.82 Å². The molecular weight excluding hydrogens is 403 g/mol. The maximum absolute atomic E-state index is 15.5. The number of fused-ring (bicyclic) bond motifs is 1. The minimum absolute atomic E-state index is 0.0525. The van der Waals surface area contributed by atoms with E-state index in [0.717, 1.165) is 55.7 Å². The summed E-state index contributed by atoms with van der Waals surface area (Å²) in [5.41, 5.74) is 4.96. The van der Waals surface area contributed by atoms with Crippen LogP contribution in [0.1, 0.15) is 40.5 Å². The quantitative estimate of drug-likeness (QED) is 0.621. The van der Waals surface area contributed by atoms with Crippen molar-refractivity contribution in [1.82, 2.24) is 5.32 Å². The Kier molecular flexibility index (Phi) is 5.75. The van der Waals surface area contributed by atoms with Crippen LogP contribution in [-0.2, 0) is 6.42 Å². The molecule has 32 heavy (non-hydrogen) atoms. The molecule has 3 aromatic carbocycles. The lowest BCUT2D eigenvalue weighted by atomic mass is 9.69. The van der Waals surface area contributed by atoms with Gasteiger partial charge in [-0.1, -0.05) is 36.4 Å². The SMILES string of the molecule is COc1cc(N2CCNCC2)c(F)cc1C1c2ccc(O)cc2CCC1c1ccccc1. The summed E-state index contributed by atoms with van der Waals surface area (Å²) in [5, 5.41) is 13.4. The van der Waals surface area contributed by atoms with Gasteiger partial charge in [-0.3, -0.25) is 0 Å². The Morgan fingerprint density at radius 1 is 1.00 bits per heavy atom. The number of piperazine rings is 1. The largest absolute Gasteiger partial charge is 0.508 e. The van der Waals surface area contributed by atoms with Crippen molar-refractivity contribution < 1.29 is 14.2 Å². The van der Waals surface area contributed by atoms with E-state index in [1.54, 1.807) is 19.2 Å². The Hall–Kier alpha value is -3.05. The van der Waals surface area contributed by atoms with Gasteiger partial charge in [0.1, 0.15) is 17.3 Å². The number of benzene rings is 3. The van der Waals surface area contributed by atoms with Crippen LogP contribution in [0.15, 0.2) is 60.7 Å². The van der Waals surface area contributed by atoms with Crippen molar-refractivity contribution in [3.8, 4) is 11.5 Å². The van der Waals surface area contributed by atoms with Gasteiger partial charge >= 0.3 is 0 Å². The second kappa shape index (κ2) is 8.83. The first kappa shape index (κ1) is 20.8. The number of phenols is 1. The standard InChI is InChI=1S/C27H29FN2O2/c1-32-26-17-25(30-13-11-29-12-14-30)24(28)16-23(26)27-21(18-5-3-2-4-6-18)9-7-19-15-20(31)8-10-22(19)27/h2-6,8,10,15-17,21,27,29,31H,7,9,11-14H2,1H3. The van der Waals surface area contributed by atoms with Crippen LogP contribution in [0.25, 0.3) is 0 Å². The molecule has 2 aliphatic rings. The van der Waals surface area contributed by atoms with Gasteiger partial charge in [0.15, 0.2) is 0 Å². The van der Waals surface area contributed by atoms with Gasteiger partial charge in [-0.2, -0.15) is 0 Å². The highest BCUT2D eigenvalue weighted by atomic mass is 19.1. The number of nitrogens with one attached hydrogen (secondary N) is 1. The van der Waals surface area contributed by atoms with E-state index >= 15 is 4.39 Å². The van der Waals surface area contributed by atoms with Gasteiger partial charge in [-0.25, -0.2) is 4.39 Å². The van der Waals surface area contributed by atoms with Crippen LogP contribution < -0.4 is 15.0 Å². The van der Waals surface area contributed by atoms with Crippen molar-refractivity contribution in [1.29, 1.82) is 0 Å². The Labute approximate surface area is 188 Å². The second-order valence-corrected chi connectivity index (χ2v) is 8.70. The van der Waals surface area contributed by atoms with Gasteiger partial charge in [0.25, 0.3) is 0 Å². The predicted octanol–water partition coefficient (Wildman–Crippen LogP) is 4.81.